The molecule has 0 bridgehead atoms. The summed E-state index contributed by atoms with van der Waals surface area (Å²) in [4.78, 5) is 14.4. The van der Waals surface area contributed by atoms with E-state index >= 15 is 0 Å². The predicted octanol–water partition coefficient (Wildman–Crippen LogP) is 4.67. The van der Waals surface area contributed by atoms with Crippen LogP contribution in [0, 0.1) is 18.6 Å². The molecule has 0 aliphatic carbocycles. The van der Waals surface area contributed by atoms with Crippen molar-refractivity contribution in [3.63, 3.8) is 0 Å². The number of carbonyl (C=O) groups excluding carboxylic acids is 1. The molecule has 1 heterocycles. The highest BCUT2D eigenvalue weighted by Crippen LogP contribution is 2.29. The molecule has 31 heavy (non-hydrogen) atoms. The number of sulfonamides is 1. The van der Waals surface area contributed by atoms with Crippen LogP contribution in [-0.4, -0.2) is 20.9 Å². The summed E-state index contributed by atoms with van der Waals surface area (Å²) >= 11 is 0. The Morgan fingerprint density at radius 3 is 2.42 bits per heavy atom. The molecule has 4 rings (SSSR count). The van der Waals surface area contributed by atoms with E-state index in [1.54, 1.807) is 4.90 Å². The summed E-state index contributed by atoms with van der Waals surface area (Å²) in [7, 11) is -4.10. The minimum atomic E-state index is -4.10. The average Bonchev–Trinajstić information content (AvgIpc) is 2.74. The smallest absolute Gasteiger partial charge is 0.261 e. The molecule has 0 aromatic heterocycles. The third kappa shape index (κ3) is 4.29. The second kappa shape index (κ2) is 8.11. The van der Waals surface area contributed by atoms with E-state index in [0.29, 0.717) is 18.2 Å². The van der Waals surface area contributed by atoms with E-state index in [9.17, 15) is 22.0 Å². The SMILES string of the molecule is Cc1ccc2c(c1)CCCN2C(=O)c1ccc(NS(=O)(=O)c2ccc(F)c(F)c2)cc1. The molecule has 1 amide bonds. The molecule has 1 aliphatic rings. The van der Waals surface area contributed by atoms with Gasteiger partial charge in [0.05, 0.1) is 4.90 Å². The molecule has 3 aromatic rings. The highest BCUT2D eigenvalue weighted by atomic mass is 32.2. The zero-order valence-corrected chi connectivity index (χ0v) is 17.5. The van der Waals surface area contributed by atoms with Gasteiger partial charge in [-0.15, -0.1) is 0 Å². The fourth-order valence-corrected chi connectivity index (χ4v) is 4.70. The first-order valence-electron chi connectivity index (χ1n) is 9.74. The number of anilines is 2. The summed E-state index contributed by atoms with van der Waals surface area (Å²) < 4.78 is 53.6. The van der Waals surface area contributed by atoms with Crippen LogP contribution in [0.4, 0.5) is 20.2 Å². The van der Waals surface area contributed by atoms with Crippen molar-refractivity contribution < 1.29 is 22.0 Å². The third-order valence-corrected chi connectivity index (χ3v) is 6.56. The van der Waals surface area contributed by atoms with Crippen LogP contribution in [0.3, 0.4) is 0 Å². The van der Waals surface area contributed by atoms with Gasteiger partial charge in [0.1, 0.15) is 0 Å². The zero-order chi connectivity index (χ0) is 22.2. The van der Waals surface area contributed by atoms with Gasteiger partial charge in [0, 0.05) is 23.5 Å². The maximum Gasteiger partial charge on any atom is 0.261 e. The minimum Gasteiger partial charge on any atom is -0.308 e. The number of rotatable bonds is 4. The lowest BCUT2D eigenvalue weighted by Gasteiger charge is -2.30. The molecule has 5 nitrogen and oxygen atoms in total. The zero-order valence-electron chi connectivity index (χ0n) is 16.7. The summed E-state index contributed by atoms with van der Waals surface area (Å²) in [6.45, 7) is 2.63. The van der Waals surface area contributed by atoms with Gasteiger partial charge in [-0.25, -0.2) is 17.2 Å². The molecular weight excluding hydrogens is 422 g/mol. The Kier molecular flexibility index (Phi) is 5.49. The van der Waals surface area contributed by atoms with Crippen LogP contribution in [0.1, 0.15) is 27.9 Å². The van der Waals surface area contributed by atoms with Crippen molar-refractivity contribution >= 4 is 27.3 Å². The lowest BCUT2D eigenvalue weighted by Crippen LogP contribution is -2.35. The molecule has 0 unspecified atom stereocenters. The van der Waals surface area contributed by atoms with E-state index in [-0.39, 0.29) is 11.6 Å². The molecule has 0 fully saturated rings. The Morgan fingerprint density at radius 2 is 1.71 bits per heavy atom. The van der Waals surface area contributed by atoms with Gasteiger partial charge in [-0.1, -0.05) is 17.7 Å². The van der Waals surface area contributed by atoms with Gasteiger partial charge in [-0.2, -0.15) is 0 Å². The van der Waals surface area contributed by atoms with Crippen LogP contribution in [0.2, 0.25) is 0 Å². The van der Waals surface area contributed by atoms with Gasteiger partial charge in [0.2, 0.25) is 0 Å². The standard InChI is InChI=1S/C23H20F2N2O3S/c1-15-4-11-22-17(13-15)3-2-12-27(22)23(28)16-5-7-18(8-6-16)26-31(29,30)19-9-10-20(24)21(25)14-19/h4-11,13-14,26H,2-3,12H2,1H3. The van der Waals surface area contributed by atoms with E-state index in [0.717, 1.165) is 41.8 Å². The number of nitrogens with one attached hydrogen (secondary N) is 1. The van der Waals surface area contributed by atoms with Crippen LogP contribution in [0.15, 0.2) is 65.6 Å². The van der Waals surface area contributed by atoms with Gasteiger partial charge in [0.15, 0.2) is 11.6 Å². The number of amides is 1. The van der Waals surface area contributed by atoms with E-state index in [4.69, 9.17) is 0 Å². The second-order valence-corrected chi connectivity index (χ2v) is 9.13. The summed E-state index contributed by atoms with van der Waals surface area (Å²) in [5.41, 5.74) is 3.80. The number of halogens is 2. The first-order chi connectivity index (χ1) is 14.7. The van der Waals surface area contributed by atoms with Crippen molar-refractivity contribution in [3.8, 4) is 0 Å². The Bertz CT molecular complexity index is 1260. The number of aryl methyl sites for hydroxylation is 2. The maximum absolute atomic E-state index is 13.4. The normalized spacial score (nSPS) is 13.6. The van der Waals surface area contributed by atoms with Gasteiger partial charge < -0.3 is 4.90 Å². The molecule has 1 aliphatic heterocycles. The lowest BCUT2D eigenvalue weighted by molar-refractivity contribution is 0.0985. The Labute approximate surface area is 179 Å². The van der Waals surface area contributed by atoms with Crippen molar-refractivity contribution in [2.24, 2.45) is 0 Å². The number of benzene rings is 3. The molecule has 0 saturated heterocycles. The van der Waals surface area contributed by atoms with Crippen molar-refractivity contribution in [3.05, 3.63) is 89.0 Å². The number of hydrogen-bond acceptors (Lipinski definition) is 3. The van der Waals surface area contributed by atoms with E-state index in [1.165, 1.54) is 24.3 Å². The summed E-state index contributed by atoms with van der Waals surface area (Å²) in [5, 5.41) is 0. The first kappa shape index (κ1) is 21.0. The van der Waals surface area contributed by atoms with Crippen molar-refractivity contribution in [1.29, 1.82) is 0 Å². The van der Waals surface area contributed by atoms with Crippen LogP contribution < -0.4 is 9.62 Å². The summed E-state index contributed by atoms with van der Waals surface area (Å²) in [6.07, 6.45) is 1.79. The molecule has 160 valence electrons. The van der Waals surface area contributed by atoms with Crippen molar-refractivity contribution in [2.75, 3.05) is 16.2 Å². The largest absolute Gasteiger partial charge is 0.308 e. The van der Waals surface area contributed by atoms with Gasteiger partial charge in [-0.3, -0.25) is 9.52 Å². The van der Waals surface area contributed by atoms with E-state index in [2.05, 4.69) is 10.8 Å². The molecular formula is C23H20F2N2O3S. The van der Waals surface area contributed by atoms with Crippen LogP contribution >= 0.6 is 0 Å². The molecule has 0 spiro atoms. The topological polar surface area (TPSA) is 66.5 Å². The third-order valence-electron chi connectivity index (χ3n) is 5.18. The van der Waals surface area contributed by atoms with Crippen molar-refractivity contribution in [1.82, 2.24) is 0 Å². The fraction of sp³-hybridized carbons (Fsp3) is 0.174. The number of fused-ring (bicyclic) bond motifs is 1. The van der Waals surface area contributed by atoms with Crippen LogP contribution in [0.25, 0.3) is 0 Å². The number of nitrogens with zero attached hydrogens (tertiary/aromatic N) is 1. The molecule has 0 radical (unpaired) electrons. The minimum absolute atomic E-state index is 0.167. The highest BCUT2D eigenvalue weighted by molar-refractivity contribution is 7.92. The summed E-state index contributed by atoms with van der Waals surface area (Å²) in [5.74, 6) is -2.54. The monoisotopic (exact) mass is 442 g/mol. The van der Waals surface area contributed by atoms with E-state index < -0.39 is 26.6 Å². The Balaban J connectivity index is 1.54. The number of hydrogen-bond donors (Lipinski definition) is 1. The Hall–Kier alpha value is -3.26. The Morgan fingerprint density at radius 1 is 0.968 bits per heavy atom. The maximum atomic E-state index is 13.4. The second-order valence-electron chi connectivity index (χ2n) is 7.45. The van der Waals surface area contributed by atoms with Crippen LogP contribution in [0.5, 0.6) is 0 Å². The van der Waals surface area contributed by atoms with Gasteiger partial charge in [0.25, 0.3) is 15.9 Å². The van der Waals surface area contributed by atoms with Crippen LogP contribution in [-0.2, 0) is 16.4 Å². The molecule has 0 atom stereocenters. The van der Waals surface area contributed by atoms with Gasteiger partial charge >= 0.3 is 0 Å². The molecule has 8 heteroatoms. The highest BCUT2D eigenvalue weighted by Gasteiger charge is 2.24. The summed E-state index contributed by atoms with van der Waals surface area (Å²) in [6, 6.07) is 14.4. The molecule has 3 aromatic carbocycles. The lowest BCUT2D eigenvalue weighted by atomic mass is 9.99. The van der Waals surface area contributed by atoms with E-state index in [1.807, 2.05) is 19.1 Å². The van der Waals surface area contributed by atoms with Gasteiger partial charge in [-0.05, 0) is 73.9 Å². The average molecular weight is 442 g/mol. The quantitative estimate of drug-likeness (QED) is 0.639. The molecule has 0 saturated carbocycles. The first-order valence-corrected chi connectivity index (χ1v) is 11.2. The number of carbonyl (C=O) groups is 1. The van der Waals surface area contributed by atoms with Crippen molar-refractivity contribution in [2.45, 2.75) is 24.7 Å². The molecule has 1 N–H and O–H groups in total. The predicted molar refractivity (Wildman–Crippen MR) is 115 cm³/mol. The fourth-order valence-electron chi connectivity index (χ4n) is 3.63.